The Morgan fingerprint density at radius 1 is 0.867 bits per heavy atom. The Bertz CT molecular complexity index is 569. The van der Waals surface area contributed by atoms with E-state index in [1.54, 1.807) is 23.7 Å². The molecule has 2 unspecified atom stereocenters. The molecule has 2 aliphatic heterocycles. The molecule has 0 spiro atoms. The topological polar surface area (TPSA) is 65.0 Å². The molecule has 172 valence electrons. The fourth-order valence-corrected chi connectivity index (χ4v) is 5.23. The van der Waals surface area contributed by atoms with E-state index in [0.29, 0.717) is 0 Å². The first-order chi connectivity index (χ1) is 14.6. The minimum absolute atomic E-state index is 0.210. The molecule has 3 amide bonds. The molecule has 0 aromatic heterocycles. The van der Waals surface area contributed by atoms with E-state index in [1.807, 2.05) is 0 Å². The van der Waals surface area contributed by atoms with Crippen LogP contribution in [0.4, 0.5) is 4.79 Å². The van der Waals surface area contributed by atoms with E-state index < -0.39 is 0 Å². The number of amidine groups is 1. The first kappa shape index (κ1) is 25.0. The lowest BCUT2D eigenvalue weighted by atomic mass is 10.1. The molecule has 0 aliphatic carbocycles. The third kappa shape index (κ3) is 7.47. The second kappa shape index (κ2) is 13.9. The van der Waals surface area contributed by atoms with E-state index in [-0.39, 0.29) is 24.1 Å². The van der Waals surface area contributed by atoms with Gasteiger partial charge in [-0.05, 0) is 12.8 Å². The molecule has 0 aromatic rings. The number of imide groups is 1. The summed E-state index contributed by atoms with van der Waals surface area (Å²) in [4.78, 5) is 33.0. The van der Waals surface area contributed by atoms with Crippen LogP contribution >= 0.6 is 11.8 Å². The lowest BCUT2D eigenvalue weighted by Gasteiger charge is -2.36. The zero-order chi connectivity index (χ0) is 21.8. The number of carbonyl (C=O) groups is 2. The highest BCUT2D eigenvalue weighted by atomic mass is 32.2. The molecule has 1 saturated heterocycles. The lowest BCUT2D eigenvalue weighted by Crippen LogP contribution is -2.63. The summed E-state index contributed by atoms with van der Waals surface area (Å²) in [6.45, 7) is 5.27. The molecule has 0 bridgehead atoms. The van der Waals surface area contributed by atoms with Crippen molar-refractivity contribution in [1.82, 2.24) is 15.1 Å². The molecule has 2 aliphatic rings. The van der Waals surface area contributed by atoms with E-state index in [2.05, 4.69) is 24.1 Å². The van der Waals surface area contributed by atoms with Crippen molar-refractivity contribution in [1.29, 1.82) is 0 Å². The van der Waals surface area contributed by atoms with Gasteiger partial charge in [-0.25, -0.2) is 9.79 Å². The maximum atomic E-state index is 12.5. The van der Waals surface area contributed by atoms with Gasteiger partial charge < -0.3 is 9.80 Å². The van der Waals surface area contributed by atoms with Crippen molar-refractivity contribution in [3.05, 3.63) is 0 Å². The summed E-state index contributed by atoms with van der Waals surface area (Å²) in [6, 6.07) is -0.723. The van der Waals surface area contributed by atoms with Gasteiger partial charge in [-0.1, -0.05) is 96.2 Å². The van der Waals surface area contributed by atoms with Crippen molar-refractivity contribution in [3.63, 3.8) is 0 Å². The van der Waals surface area contributed by atoms with Gasteiger partial charge in [-0.3, -0.25) is 10.1 Å². The van der Waals surface area contributed by atoms with Crippen molar-refractivity contribution in [2.45, 2.75) is 110 Å². The third-order valence-electron chi connectivity index (χ3n) is 6.05. The number of urea groups is 1. The second-order valence-corrected chi connectivity index (χ2v) is 9.67. The van der Waals surface area contributed by atoms with Gasteiger partial charge in [0.05, 0.1) is 0 Å². The highest BCUT2D eigenvalue weighted by Gasteiger charge is 2.48. The lowest BCUT2D eigenvalue weighted by molar-refractivity contribution is -0.127. The van der Waals surface area contributed by atoms with Crippen LogP contribution in [-0.2, 0) is 4.79 Å². The van der Waals surface area contributed by atoms with Gasteiger partial charge in [-0.2, -0.15) is 0 Å². The number of nitrogens with zero attached hydrogens (tertiary/aromatic N) is 3. The summed E-state index contributed by atoms with van der Waals surface area (Å²) >= 11 is 1.76. The molecular formula is C23H42N4O2S. The molecule has 0 aromatic carbocycles. The Kier molecular flexibility index (Phi) is 11.6. The predicted octanol–water partition coefficient (Wildman–Crippen LogP) is 5.38. The van der Waals surface area contributed by atoms with Crippen LogP contribution in [0.15, 0.2) is 4.99 Å². The summed E-state index contributed by atoms with van der Waals surface area (Å²) < 4.78 is 0. The van der Waals surface area contributed by atoms with Gasteiger partial charge in [0.25, 0.3) is 5.91 Å². The molecule has 2 heterocycles. The first-order valence-corrected chi connectivity index (χ1v) is 13.1. The van der Waals surface area contributed by atoms with E-state index in [9.17, 15) is 9.59 Å². The molecule has 30 heavy (non-hydrogen) atoms. The number of rotatable bonds is 15. The SMILES string of the molecule is CCCCCCCCCCCCSC1=NC2C(C(=O)NC(=O)N2C)N1CCCCC. The highest BCUT2D eigenvalue weighted by molar-refractivity contribution is 8.13. The Labute approximate surface area is 187 Å². The average molecular weight is 439 g/mol. The van der Waals surface area contributed by atoms with E-state index >= 15 is 0 Å². The van der Waals surface area contributed by atoms with Crippen LogP contribution in [-0.4, -0.2) is 58.5 Å². The number of likely N-dealkylation sites (N-methyl/N-ethyl adjacent to an activating group) is 1. The maximum Gasteiger partial charge on any atom is 0.325 e. The van der Waals surface area contributed by atoms with E-state index in [4.69, 9.17) is 4.99 Å². The summed E-state index contributed by atoms with van der Waals surface area (Å²) in [5.74, 6) is 0.816. The summed E-state index contributed by atoms with van der Waals surface area (Å²) in [5.41, 5.74) is 0. The number of thioether (sulfide) groups is 1. The molecule has 2 rings (SSSR count). The van der Waals surface area contributed by atoms with Crippen LogP contribution in [0, 0.1) is 0 Å². The smallest absolute Gasteiger partial charge is 0.325 e. The van der Waals surface area contributed by atoms with Crippen LogP contribution in [0.5, 0.6) is 0 Å². The van der Waals surface area contributed by atoms with Crippen LogP contribution in [0.3, 0.4) is 0 Å². The average Bonchev–Trinajstić information content (AvgIpc) is 3.09. The maximum absolute atomic E-state index is 12.5. The molecule has 7 heteroatoms. The van der Waals surface area contributed by atoms with Crippen molar-refractivity contribution < 1.29 is 9.59 Å². The molecule has 6 nitrogen and oxygen atoms in total. The van der Waals surface area contributed by atoms with Crippen LogP contribution in [0.1, 0.15) is 97.3 Å². The number of hydrogen-bond acceptors (Lipinski definition) is 5. The van der Waals surface area contributed by atoms with E-state index in [1.165, 1.54) is 64.2 Å². The number of aliphatic imine (C=N–C) groups is 1. The molecule has 1 fully saturated rings. The minimum atomic E-state index is -0.386. The van der Waals surface area contributed by atoms with Gasteiger partial charge in [0.1, 0.15) is 0 Å². The Balaban J connectivity index is 1.73. The van der Waals surface area contributed by atoms with Gasteiger partial charge in [-0.15, -0.1) is 0 Å². The Morgan fingerprint density at radius 2 is 1.43 bits per heavy atom. The quantitative estimate of drug-likeness (QED) is 0.349. The highest BCUT2D eigenvalue weighted by Crippen LogP contribution is 2.29. The van der Waals surface area contributed by atoms with Crippen molar-refractivity contribution in [2.75, 3.05) is 19.3 Å². The number of amides is 3. The largest absolute Gasteiger partial charge is 0.336 e. The molecular weight excluding hydrogens is 396 g/mol. The Morgan fingerprint density at radius 3 is 2.07 bits per heavy atom. The van der Waals surface area contributed by atoms with Crippen LogP contribution in [0.25, 0.3) is 0 Å². The van der Waals surface area contributed by atoms with Crippen LogP contribution < -0.4 is 5.32 Å². The van der Waals surface area contributed by atoms with E-state index in [0.717, 1.165) is 36.7 Å². The van der Waals surface area contributed by atoms with Crippen molar-refractivity contribution in [2.24, 2.45) is 4.99 Å². The number of fused-ring (bicyclic) bond motifs is 1. The summed E-state index contributed by atoms with van der Waals surface area (Å²) in [6.07, 6.45) is 16.3. The van der Waals surface area contributed by atoms with Crippen LogP contribution in [0.2, 0.25) is 0 Å². The van der Waals surface area contributed by atoms with Gasteiger partial charge >= 0.3 is 6.03 Å². The fourth-order valence-electron chi connectivity index (χ4n) is 4.14. The number of nitrogens with one attached hydrogen (secondary N) is 1. The predicted molar refractivity (Wildman–Crippen MR) is 127 cm³/mol. The molecule has 1 N–H and O–H groups in total. The number of carbonyl (C=O) groups excluding carboxylic acids is 2. The van der Waals surface area contributed by atoms with Gasteiger partial charge in [0, 0.05) is 19.3 Å². The number of unbranched alkanes of at least 4 members (excludes halogenated alkanes) is 11. The van der Waals surface area contributed by atoms with Gasteiger partial charge in [0.2, 0.25) is 0 Å². The standard InChI is InChI=1S/C23H42N4O2S/c1-4-6-8-9-10-11-12-13-14-16-18-30-23-24-20-19(27(23)17-15-7-5-2)21(28)25-22(29)26(20)3/h19-20H,4-18H2,1-3H3,(H,25,28,29). The molecule has 0 radical (unpaired) electrons. The second-order valence-electron chi connectivity index (χ2n) is 8.61. The molecule has 0 saturated carbocycles. The van der Waals surface area contributed by atoms with Crippen molar-refractivity contribution in [3.8, 4) is 0 Å². The van der Waals surface area contributed by atoms with Crippen molar-refractivity contribution >= 4 is 28.9 Å². The van der Waals surface area contributed by atoms with Gasteiger partial charge in [0.15, 0.2) is 17.4 Å². The Hall–Kier alpha value is -1.24. The zero-order valence-electron chi connectivity index (χ0n) is 19.3. The zero-order valence-corrected chi connectivity index (χ0v) is 20.1. The first-order valence-electron chi connectivity index (χ1n) is 12.1. The summed E-state index contributed by atoms with van der Waals surface area (Å²) in [5, 5.41) is 3.42. The monoisotopic (exact) mass is 438 g/mol. The fraction of sp³-hybridized carbons (Fsp3) is 0.870. The third-order valence-corrected chi connectivity index (χ3v) is 7.15. The normalized spacial score (nSPS) is 21.1. The summed E-state index contributed by atoms with van der Waals surface area (Å²) in [7, 11) is 1.73. The number of hydrogen-bond donors (Lipinski definition) is 1. The molecule has 2 atom stereocenters. The minimum Gasteiger partial charge on any atom is -0.336 e.